The first-order valence-electron chi connectivity index (χ1n) is 6.60. The topological polar surface area (TPSA) is 88.4 Å². The van der Waals surface area contributed by atoms with Crippen molar-refractivity contribution in [2.75, 3.05) is 18.9 Å². The number of likely N-dealkylation sites (N-methyl/N-ethyl adjacent to an activating group) is 1. The van der Waals surface area contributed by atoms with E-state index in [0.29, 0.717) is 29.4 Å². The fourth-order valence-corrected chi connectivity index (χ4v) is 2.60. The van der Waals surface area contributed by atoms with Gasteiger partial charge >= 0.3 is 0 Å². The first-order chi connectivity index (χ1) is 10.1. The summed E-state index contributed by atoms with van der Waals surface area (Å²) < 4.78 is 0. The van der Waals surface area contributed by atoms with Crippen molar-refractivity contribution in [1.82, 2.24) is 9.88 Å². The average Bonchev–Trinajstić information content (AvgIpc) is 2.79. The second-order valence-corrected chi connectivity index (χ2v) is 5.06. The van der Waals surface area contributed by atoms with E-state index in [1.165, 1.54) is 12.3 Å². The molecule has 1 aromatic heterocycles. The molecule has 1 unspecified atom stereocenters. The van der Waals surface area contributed by atoms with Gasteiger partial charge in [-0.3, -0.25) is 19.9 Å². The number of amides is 1. The largest absolute Gasteiger partial charge is 0.373 e. The fourth-order valence-electron chi connectivity index (χ4n) is 2.60. The normalized spacial score (nSPS) is 18.2. The molecule has 0 bridgehead atoms. The van der Waals surface area contributed by atoms with E-state index in [0.717, 1.165) is 0 Å². The molecule has 3 rings (SSSR count). The number of aromatic nitrogens is 1. The van der Waals surface area contributed by atoms with Gasteiger partial charge in [0, 0.05) is 43.1 Å². The van der Waals surface area contributed by atoms with Crippen LogP contribution in [0.25, 0.3) is 10.8 Å². The van der Waals surface area contributed by atoms with Crippen LogP contribution in [0.15, 0.2) is 30.6 Å². The van der Waals surface area contributed by atoms with Crippen molar-refractivity contribution in [2.24, 2.45) is 0 Å². The van der Waals surface area contributed by atoms with E-state index in [-0.39, 0.29) is 17.6 Å². The minimum Gasteiger partial charge on any atom is -0.373 e. The van der Waals surface area contributed by atoms with Crippen molar-refractivity contribution in [1.29, 1.82) is 0 Å². The Kier molecular flexibility index (Phi) is 3.17. The molecule has 7 heteroatoms. The first-order valence-corrected chi connectivity index (χ1v) is 6.60. The van der Waals surface area contributed by atoms with E-state index in [1.807, 2.05) is 0 Å². The van der Waals surface area contributed by atoms with Crippen LogP contribution in [0.2, 0.25) is 0 Å². The Morgan fingerprint density at radius 3 is 2.86 bits per heavy atom. The number of non-ortho nitro benzene ring substituents is 1. The number of carbonyl (C=O) groups is 1. The summed E-state index contributed by atoms with van der Waals surface area (Å²) in [5.41, 5.74) is 0.727. The SMILES string of the molecule is CN1CCC(Nc2ccc([N+](=O)[O-])c3ccncc23)C1=O. The molecule has 1 aliphatic heterocycles. The lowest BCUT2D eigenvalue weighted by Crippen LogP contribution is -2.31. The number of nitrogens with zero attached hydrogens (tertiary/aromatic N) is 3. The van der Waals surface area contributed by atoms with Crippen molar-refractivity contribution in [3.8, 4) is 0 Å². The fraction of sp³-hybridized carbons (Fsp3) is 0.286. The number of nitro groups is 1. The number of nitrogens with one attached hydrogen (secondary N) is 1. The Morgan fingerprint density at radius 2 is 2.19 bits per heavy atom. The van der Waals surface area contributed by atoms with Gasteiger partial charge in [-0.1, -0.05) is 0 Å². The minimum atomic E-state index is -0.416. The number of fused-ring (bicyclic) bond motifs is 1. The molecule has 0 aliphatic carbocycles. The van der Waals surface area contributed by atoms with Crippen molar-refractivity contribution in [2.45, 2.75) is 12.5 Å². The van der Waals surface area contributed by atoms with Crippen LogP contribution in [-0.2, 0) is 4.79 Å². The van der Waals surface area contributed by atoms with Gasteiger partial charge in [-0.05, 0) is 18.6 Å². The summed E-state index contributed by atoms with van der Waals surface area (Å²) in [6, 6.07) is 4.41. The van der Waals surface area contributed by atoms with E-state index >= 15 is 0 Å². The number of hydrogen-bond donors (Lipinski definition) is 1. The van der Waals surface area contributed by atoms with Crippen LogP contribution in [0.5, 0.6) is 0 Å². The van der Waals surface area contributed by atoms with Gasteiger partial charge in [0.15, 0.2) is 0 Å². The highest BCUT2D eigenvalue weighted by Crippen LogP contribution is 2.31. The molecule has 2 aromatic rings. The quantitative estimate of drug-likeness (QED) is 0.686. The number of hydrogen-bond acceptors (Lipinski definition) is 5. The van der Waals surface area contributed by atoms with Crippen LogP contribution >= 0.6 is 0 Å². The van der Waals surface area contributed by atoms with E-state index in [4.69, 9.17) is 0 Å². The van der Waals surface area contributed by atoms with Crippen molar-refractivity contribution < 1.29 is 9.72 Å². The molecule has 108 valence electrons. The third-order valence-corrected chi connectivity index (χ3v) is 3.75. The van der Waals surface area contributed by atoms with Crippen molar-refractivity contribution in [3.63, 3.8) is 0 Å². The molecule has 1 aliphatic rings. The van der Waals surface area contributed by atoms with Crippen molar-refractivity contribution >= 4 is 28.1 Å². The number of rotatable bonds is 3. The molecule has 1 atom stereocenters. The predicted octanol–water partition coefficient (Wildman–Crippen LogP) is 1.79. The lowest BCUT2D eigenvalue weighted by Gasteiger charge is -2.15. The molecule has 7 nitrogen and oxygen atoms in total. The van der Waals surface area contributed by atoms with E-state index in [9.17, 15) is 14.9 Å². The van der Waals surface area contributed by atoms with Gasteiger partial charge in [0.25, 0.3) is 5.69 Å². The monoisotopic (exact) mass is 286 g/mol. The van der Waals surface area contributed by atoms with Crippen LogP contribution < -0.4 is 5.32 Å². The van der Waals surface area contributed by atoms with Gasteiger partial charge in [-0.25, -0.2) is 0 Å². The summed E-state index contributed by atoms with van der Waals surface area (Å²) in [6.45, 7) is 0.708. The Balaban J connectivity index is 2.02. The molecule has 0 spiro atoms. The van der Waals surface area contributed by atoms with Crippen LogP contribution in [0.3, 0.4) is 0 Å². The Hall–Kier alpha value is -2.70. The van der Waals surface area contributed by atoms with Crippen molar-refractivity contribution in [3.05, 3.63) is 40.7 Å². The third kappa shape index (κ3) is 2.26. The molecular formula is C14H14N4O3. The highest BCUT2D eigenvalue weighted by molar-refractivity contribution is 6.00. The summed E-state index contributed by atoms with van der Waals surface area (Å²) in [7, 11) is 1.76. The zero-order valence-corrected chi connectivity index (χ0v) is 11.4. The molecule has 21 heavy (non-hydrogen) atoms. The molecule has 1 fully saturated rings. The van der Waals surface area contributed by atoms with Gasteiger partial charge in [-0.15, -0.1) is 0 Å². The summed E-state index contributed by atoms with van der Waals surface area (Å²) in [5, 5.41) is 15.4. The average molecular weight is 286 g/mol. The van der Waals surface area contributed by atoms with Gasteiger partial charge < -0.3 is 10.2 Å². The number of carbonyl (C=O) groups excluding carboxylic acids is 1. The number of anilines is 1. The van der Waals surface area contributed by atoms with Gasteiger partial charge in [0.2, 0.25) is 5.91 Å². The Morgan fingerprint density at radius 1 is 1.38 bits per heavy atom. The van der Waals surface area contributed by atoms with E-state index in [1.54, 1.807) is 30.3 Å². The summed E-state index contributed by atoms with van der Waals surface area (Å²) in [6.07, 6.45) is 3.81. The Labute approximate surface area is 120 Å². The van der Waals surface area contributed by atoms with E-state index < -0.39 is 4.92 Å². The second kappa shape index (κ2) is 5.01. The van der Waals surface area contributed by atoms with E-state index in [2.05, 4.69) is 10.3 Å². The number of pyridine rings is 1. The molecule has 1 aromatic carbocycles. The van der Waals surface area contributed by atoms with Crippen LogP contribution in [0, 0.1) is 10.1 Å². The van der Waals surface area contributed by atoms with Crippen LogP contribution in [0.4, 0.5) is 11.4 Å². The number of benzene rings is 1. The molecule has 2 heterocycles. The maximum atomic E-state index is 12.0. The molecule has 1 amide bonds. The summed E-state index contributed by atoms with van der Waals surface area (Å²) in [5.74, 6) is 0.0328. The Bertz CT molecular complexity index is 731. The highest BCUT2D eigenvalue weighted by atomic mass is 16.6. The van der Waals surface area contributed by atoms with Gasteiger partial charge in [0.1, 0.15) is 6.04 Å². The summed E-state index contributed by atoms with van der Waals surface area (Å²) in [4.78, 5) is 28.3. The smallest absolute Gasteiger partial charge is 0.277 e. The van der Waals surface area contributed by atoms with Gasteiger partial charge in [0.05, 0.1) is 10.3 Å². The molecule has 1 N–H and O–H groups in total. The maximum absolute atomic E-state index is 12.0. The second-order valence-electron chi connectivity index (χ2n) is 5.06. The molecule has 0 radical (unpaired) electrons. The first kappa shape index (κ1) is 13.3. The standard InChI is InChI=1S/C14H14N4O3/c1-17-7-5-12(14(17)19)16-11-2-3-13(18(20)21)9-4-6-15-8-10(9)11/h2-4,6,8,12,16H,5,7H2,1H3. The number of nitro benzene ring substituents is 1. The zero-order chi connectivity index (χ0) is 15.0. The highest BCUT2D eigenvalue weighted by Gasteiger charge is 2.29. The van der Waals surface area contributed by atoms with Crippen LogP contribution in [-0.4, -0.2) is 40.3 Å². The molecule has 1 saturated heterocycles. The molecule has 0 saturated carbocycles. The maximum Gasteiger partial charge on any atom is 0.277 e. The minimum absolute atomic E-state index is 0.0328. The zero-order valence-electron chi connectivity index (χ0n) is 11.4. The predicted molar refractivity (Wildman–Crippen MR) is 78.1 cm³/mol. The number of likely N-dealkylation sites (tertiary alicyclic amines) is 1. The third-order valence-electron chi connectivity index (χ3n) is 3.75. The lowest BCUT2D eigenvalue weighted by molar-refractivity contribution is -0.383. The summed E-state index contributed by atoms with van der Waals surface area (Å²) >= 11 is 0. The molecular weight excluding hydrogens is 272 g/mol. The lowest BCUT2D eigenvalue weighted by atomic mass is 10.1. The van der Waals surface area contributed by atoms with Gasteiger partial charge in [-0.2, -0.15) is 0 Å². The van der Waals surface area contributed by atoms with Crippen LogP contribution in [0.1, 0.15) is 6.42 Å².